The fourth-order valence-electron chi connectivity index (χ4n) is 2.54. The molecule has 1 aliphatic heterocycles. The van der Waals surface area contributed by atoms with Crippen LogP contribution >= 0.6 is 0 Å². The van der Waals surface area contributed by atoms with Crippen molar-refractivity contribution in [2.75, 3.05) is 13.1 Å². The van der Waals surface area contributed by atoms with E-state index in [1.54, 1.807) is 24.3 Å². The Morgan fingerprint density at radius 1 is 1.35 bits per heavy atom. The lowest BCUT2D eigenvalue weighted by Crippen LogP contribution is -2.29. The summed E-state index contributed by atoms with van der Waals surface area (Å²) in [5.41, 5.74) is 6.74. The molecule has 3 N–H and O–H groups in total. The highest BCUT2D eigenvalue weighted by Crippen LogP contribution is 2.24. The van der Waals surface area contributed by atoms with Crippen LogP contribution in [-0.4, -0.2) is 34.9 Å². The Labute approximate surface area is 119 Å². The average molecular weight is 275 g/mol. The van der Waals surface area contributed by atoms with Crippen molar-refractivity contribution >= 4 is 11.7 Å². The van der Waals surface area contributed by atoms with Crippen molar-refractivity contribution in [3.8, 4) is 0 Å². The van der Waals surface area contributed by atoms with Crippen LogP contribution in [0.15, 0.2) is 29.4 Å². The van der Waals surface area contributed by atoms with Gasteiger partial charge < -0.3 is 15.8 Å². The van der Waals surface area contributed by atoms with Gasteiger partial charge in [0.05, 0.1) is 0 Å². The van der Waals surface area contributed by atoms with Gasteiger partial charge in [0.15, 0.2) is 5.84 Å². The van der Waals surface area contributed by atoms with E-state index in [0.29, 0.717) is 23.0 Å². The number of hydrogen-bond acceptors (Lipinski definition) is 3. The standard InChI is InChI=1S/C15H21N3O2/c1-10(2)13-7-8-18(9-13)15(19)12-5-3-11(4-6-12)14(16)17-20/h3-6,10,13,20H,7-9H2,1-2H3,(H2,16,17). The second kappa shape index (κ2) is 5.94. The van der Waals surface area contributed by atoms with Crippen LogP contribution in [0.5, 0.6) is 0 Å². The molecule has 20 heavy (non-hydrogen) atoms. The Bertz CT molecular complexity index is 508. The van der Waals surface area contributed by atoms with Gasteiger partial charge in [-0.1, -0.05) is 31.1 Å². The van der Waals surface area contributed by atoms with E-state index in [1.807, 2.05) is 4.90 Å². The maximum atomic E-state index is 12.4. The molecule has 0 radical (unpaired) electrons. The zero-order valence-electron chi connectivity index (χ0n) is 11.9. The van der Waals surface area contributed by atoms with Crippen LogP contribution in [0.25, 0.3) is 0 Å². The highest BCUT2D eigenvalue weighted by atomic mass is 16.4. The van der Waals surface area contributed by atoms with Crippen LogP contribution < -0.4 is 5.73 Å². The van der Waals surface area contributed by atoms with Crippen LogP contribution in [0, 0.1) is 11.8 Å². The molecule has 5 nitrogen and oxygen atoms in total. The van der Waals surface area contributed by atoms with Gasteiger partial charge in [0.2, 0.25) is 0 Å². The van der Waals surface area contributed by atoms with E-state index in [4.69, 9.17) is 10.9 Å². The molecule has 1 amide bonds. The van der Waals surface area contributed by atoms with Crippen molar-refractivity contribution in [1.82, 2.24) is 4.90 Å². The summed E-state index contributed by atoms with van der Waals surface area (Å²) in [7, 11) is 0. The van der Waals surface area contributed by atoms with Gasteiger partial charge in [-0.3, -0.25) is 4.79 Å². The first kappa shape index (κ1) is 14.4. The lowest BCUT2D eigenvalue weighted by atomic mass is 9.95. The molecule has 1 fully saturated rings. The summed E-state index contributed by atoms with van der Waals surface area (Å²) in [5.74, 6) is 1.30. The summed E-state index contributed by atoms with van der Waals surface area (Å²) in [4.78, 5) is 14.3. The van der Waals surface area contributed by atoms with E-state index in [2.05, 4.69) is 19.0 Å². The largest absolute Gasteiger partial charge is 0.409 e. The lowest BCUT2D eigenvalue weighted by Gasteiger charge is -2.18. The van der Waals surface area contributed by atoms with E-state index in [9.17, 15) is 4.79 Å². The molecule has 2 rings (SSSR count). The Hall–Kier alpha value is -2.04. The molecular formula is C15H21N3O2. The van der Waals surface area contributed by atoms with E-state index in [-0.39, 0.29) is 11.7 Å². The van der Waals surface area contributed by atoms with Crippen LogP contribution in [0.4, 0.5) is 0 Å². The van der Waals surface area contributed by atoms with Crippen LogP contribution in [0.2, 0.25) is 0 Å². The molecule has 1 unspecified atom stereocenters. The number of carbonyl (C=O) groups excluding carboxylic acids is 1. The third-order valence-corrected chi connectivity index (χ3v) is 3.99. The number of likely N-dealkylation sites (tertiary alicyclic amines) is 1. The second-order valence-corrected chi connectivity index (χ2v) is 5.61. The van der Waals surface area contributed by atoms with Gasteiger partial charge in [0, 0.05) is 24.2 Å². The van der Waals surface area contributed by atoms with Gasteiger partial charge in [-0.15, -0.1) is 0 Å². The van der Waals surface area contributed by atoms with Crippen molar-refractivity contribution in [1.29, 1.82) is 0 Å². The Morgan fingerprint density at radius 3 is 2.45 bits per heavy atom. The molecule has 0 spiro atoms. The van der Waals surface area contributed by atoms with Gasteiger partial charge in [-0.25, -0.2) is 0 Å². The number of hydrogen-bond donors (Lipinski definition) is 2. The SMILES string of the molecule is CC(C)C1CCN(C(=O)c2ccc(/C(N)=N/O)cc2)C1. The number of nitrogens with two attached hydrogens (primary N) is 1. The molecule has 1 aromatic rings. The first-order valence-corrected chi connectivity index (χ1v) is 6.90. The minimum absolute atomic E-state index is 0.0463. The number of nitrogens with zero attached hydrogens (tertiary/aromatic N) is 2. The van der Waals surface area contributed by atoms with E-state index >= 15 is 0 Å². The minimum atomic E-state index is 0.0463. The zero-order chi connectivity index (χ0) is 14.7. The topological polar surface area (TPSA) is 78.9 Å². The summed E-state index contributed by atoms with van der Waals surface area (Å²) in [6, 6.07) is 6.83. The van der Waals surface area contributed by atoms with Crippen LogP contribution in [-0.2, 0) is 0 Å². The molecule has 1 aliphatic rings. The average Bonchev–Trinajstić information content (AvgIpc) is 2.96. The quantitative estimate of drug-likeness (QED) is 0.383. The molecule has 108 valence electrons. The highest BCUT2D eigenvalue weighted by molar-refractivity contribution is 5.99. The summed E-state index contributed by atoms with van der Waals surface area (Å²) in [6.45, 7) is 6.05. The molecule has 0 bridgehead atoms. The first-order valence-electron chi connectivity index (χ1n) is 6.90. The monoisotopic (exact) mass is 275 g/mol. The fraction of sp³-hybridized carbons (Fsp3) is 0.467. The maximum absolute atomic E-state index is 12.4. The Balaban J connectivity index is 2.07. The van der Waals surface area contributed by atoms with Crippen molar-refractivity contribution in [2.45, 2.75) is 20.3 Å². The van der Waals surface area contributed by atoms with Crippen LogP contribution in [0.3, 0.4) is 0 Å². The fourth-order valence-corrected chi connectivity index (χ4v) is 2.54. The van der Waals surface area contributed by atoms with Crippen molar-refractivity contribution in [3.05, 3.63) is 35.4 Å². The molecule has 0 aromatic heterocycles. The normalized spacial score (nSPS) is 19.6. The number of carbonyl (C=O) groups is 1. The van der Waals surface area contributed by atoms with Crippen molar-refractivity contribution in [2.24, 2.45) is 22.7 Å². The minimum Gasteiger partial charge on any atom is -0.409 e. The molecule has 1 atom stereocenters. The third kappa shape index (κ3) is 2.92. The maximum Gasteiger partial charge on any atom is 0.253 e. The predicted molar refractivity (Wildman–Crippen MR) is 77.8 cm³/mol. The smallest absolute Gasteiger partial charge is 0.253 e. The summed E-state index contributed by atoms with van der Waals surface area (Å²) >= 11 is 0. The van der Waals surface area contributed by atoms with Crippen LogP contribution in [0.1, 0.15) is 36.2 Å². The van der Waals surface area contributed by atoms with Gasteiger partial charge >= 0.3 is 0 Å². The molecule has 5 heteroatoms. The highest BCUT2D eigenvalue weighted by Gasteiger charge is 2.28. The number of amides is 1. The summed E-state index contributed by atoms with van der Waals surface area (Å²) in [6.07, 6.45) is 1.08. The summed E-state index contributed by atoms with van der Waals surface area (Å²) < 4.78 is 0. The van der Waals surface area contributed by atoms with Gasteiger partial charge in [-0.05, 0) is 30.4 Å². The van der Waals surface area contributed by atoms with E-state index < -0.39 is 0 Å². The van der Waals surface area contributed by atoms with Crippen molar-refractivity contribution < 1.29 is 10.0 Å². The first-order chi connectivity index (χ1) is 9.52. The molecule has 0 aliphatic carbocycles. The summed E-state index contributed by atoms with van der Waals surface area (Å²) in [5, 5.41) is 11.5. The second-order valence-electron chi connectivity index (χ2n) is 5.61. The number of rotatable bonds is 3. The molecule has 1 aromatic carbocycles. The Morgan fingerprint density at radius 2 is 1.95 bits per heavy atom. The van der Waals surface area contributed by atoms with E-state index in [1.165, 1.54) is 0 Å². The number of amidine groups is 1. The number of benzene rings is 1. The molecule has 1 saturated heterocycles. The van der Waals surface area contributed by atoms with Gasteiger partial charge in [-0.2, -0.15) is 0 Å². The predicted octanol–water partition coefficient (Wildman–Crippen LogP) is 1.90. The molecular weight excluding hydrogens is 254 g/mol. The molecule has 0 saturated carbocycles. The Kier molecular flexibility index (Phi) is 4.27. The molecule has 1 heterocycles. The van der Waals surface area contributed by atoms with Crippen molar-refractivity contribution in [3.63, 3.8) is 0 Å². The zero-order valence-corrected chi connectivity index (χ0v) is 11.9. The lowest BCUT2D eigenvalue weighted by molar-refractivity contribution is 0.0784. The third-order valence-electron chi connectivity index (χ3n) is 3.99. The van der Waals surface area contributed by atoms with Gasteiger partial charge in [0.25, 0.3) is 5.91 Å². The number of oxime groups is 1. The van der Waals surface area contributed by atoms with E-state index in [0.717, 1.165) is 19.5 Å². The van der Waals surface area contributed by atoms with Gasteiger partial charge in [0.1, 0.15) is 0 Å².